The second-order valence-corrected chi connectivity index (χ2v) is 7.97. The van der Waals surface area contributed by atoms with E-state index in [-0.39, 0.29) is 17.7 Å². The first-order valence-corrected chi connectivity index (χ1v) is 10.4. The Labute approximate surface area is 176 Å². The van der Waals surface area contributed by atoms with Gasteiger partial charge in [-0.3, -0.25) is 4.79 Å². The van der Waals surface area contributed by atoms with Gasteiger partial charge in [-0.2, -0.15) is 0 Å². The van der Waals surface area contributed by atoms with Crippen molar-refractivity contribution in [2.75, 3.05) is 21.3 Å². The molecule has 3 aromatic rings. The molecule has 1 N–H and O–H groups in total. The highest BCUT2D eigenvalue weighted by Crippen LogP contribution is 2.35. The first-order valence-electron chi connectivity index (χ1n) is 9.56. The predicted molar refractivity (Wildman–Crippen MR) is 112 cm³/mol. The summed E-state index contributed by atoms with van der Waals surface area (Å²) in [6.07, 6.45) is 4.12. The molecule has 0 saturated carbocycles. The number of hydrogen-bond acceptors (Lipinski definition) is 8. The summed E-state index contributed by atoms with van der Waals surface area (Å²) < 4.78 is 21.1. The number of nitrogens with zero attached hydrogens (tertiary/aromatic N) is 1. The minimum atomic E-state index is -0.624. The van der Waals surface area contributed by atoms with Crippen LogP contribution in [-0.4, -0.2) is 37.3 Å². The smallest absolute Gasteiger partial charge is 0.342 e. The first kappa shape index (κ1) is 20.2. The van der Waals surface area contributed by atoms with Crippen LogP contribution in [0, 0.1) is 0 Å². The molecule has 158 valence electrons. The molecule has 0 bridgehead atoms. The fourth-order valence-corrected chi connectivity index (χ4v) is 4.96. The molecular formula is C21H22N2O6S. The van der Waals surface area contributed by atoms with Crippen LogP contribution in [0.2, 0.25) is 0 Å². The Hall–Kier alpha value is -3.07. The molecule has 0 radical (unpaired) electrons. The fraction of sp³-hybridized carbons (Fsp3) is 0.381. The summed E-state index contributed by atoms with van der Waals surface area (Å²) in [4.78, 5) is 34.5. The monoisotopic (exact) mass is 430 g/mol. The van der Waals surface area contributed by atoms with E-state index in [0.717, 1.165) is 31.2 Å². The van der Waals surface area contributed by atoms with Gasteiger partial charge in [-0.05, 0) is 31.2 Å². The van der Waals surface area contributed by atoms with Crippen molar-refractivity contribution in [3.05, 3.63) is 44.3 Å². The number of esters is 1. The number of rotatable bonds is 6. The molecule has 1 aliphatic carbocycles. The van der Waals surface area contributed by atoms with Gasteiger partial charge in [0.25, 0.3) is 5.56 Å². The third-order valence-corrected chi connectivity index (χ3v) is 6.33. The highest BCUT2D eigenvalue weighted by molar-refractivity contribution is 7.18. The number of thiophene rings is 1. The molecule has 2 heterocycles. The van der Waals surface area contributed by atoms with Crippen LogP contribution in [0.1, 0.15) is 39.5 Å². The minimum Gasteiger partial charge on any atom is -0.496 e. The van der Waals surface area contributed by atoms with Gasteiger partial charge in [0.05, 0.1) is 26.7 Å². The largest absolute Gasteiger partial charge is 0.496 e. The van der Waals surface area contributed by atoms with Crippen LogP contribution < -0.4 is 19.8 Å². The standard InChI is InChI=1S/C21H22N2O6S/c1-26-13-9-15(28-3)14(27-2)8-12(13)21(25)29-10-17-22-19(24)18-11-6-4-5-7-16(11)30-20(18)23-17/h8-9H,4-7,10H2,1-3H3,(H,22,23,24). The predicted octanol–water partition coefficient (Wildman–Crippen LogP) is 3.25. The highest BCUT2D eigenvalue weighted by Gasteiger charge is 2.22. The Balaban J connectivity index is 1.58. The summed E-state index contributed by atoms with van der Waals surface area (Å²) in [5, 5.41) is 0.673. The first-order chi connectivity index (χ1) is 14.5. The number of carbonyl (C=O) groups is 1. The maximum atomic E-state index is 12.7. The summed E-state index contributed by atoms with van der Waals surface area (Å²) in [5.74, 6) is 0.784. The van der Waals surface area contributed by atoms with Crippen LogP contribution in [0.3, 0.4) is 0 Å². The molecule has 0 atom stereocenters. The lowest BCUT2D eigenvalue weighted by molar-refractivity contribution is 0.0458. The number of fused-ring (bicyclic) bond motifs is 3. The van der Waals surface area contributed by atoms with Gasteiger partial charge in [-0.15, -0.1) is 11.3 Å². The lowest BCUT2D eigenvalue weighted by atomic mass is 9.97. The zero-order valence-corrected chi connectivity index (χ0v) is 17.8. The fourth-order valence-electron chi connectivity index (χ4n) is 3.68. The Bertz CT molecular complexity index is 1170. The van der Waals surface area contributed by atoms with Gasteiger partial charge in [-0.25, -0.2) is 9.78 Å². The number of ether oxygens (including phenoxy) is 4. The summed E-state index contributed by atoms with van der Waals surface area (Å²) in [7, 11) is 4.42. The molecule has 2 aromatic heterocycles. The van der Waals surface area contributed by atoms with Crippen molar-refractivity contribution < 1.29 is 23.7 Å². The van der Waals surface area contributed by atoms with Crippen LogP contribution in [0.5, 0.6) is 17.2 Å². The van der Waals surface area contributed by atoms with E-state index in [4.69, 9.17) is 18.9 Å². The molecule has 0 spiro atoms. The van der Waals surface area contributed by atoms with Crippen molar-refractivity contribution >= 4 is 27.5 Å². The summed E-state index contributed by atoms with van der Waals surface area (Å²) in [6.45, 7) is -0.163. The van der Waals surface area contributed by atoms with Gasteiger partial charge >= 0.3 is 5.97 Å². The summed E-state index contributed by atoms with van der Waals surface area (Å²) in [6, 6.07) is 3.05. The second-order valence-electron chi connectivity index (χ2n) is 6.89. The SMILES string of the molecule is COc1cc(OC)c(C(=O)OCc2nc3sc4c(c3c(=O)[nH]2)CCCC4)cc1OC. The summed E-state index contributed by atoms with van der Waals surface area (Å²) in [5.41, 5.74) is 1.12. The molecule has 0 amide bonds. The third-order valence-electron chi connectivity index (χ3n) is 5.14. The van der Waals surface area contributed by atoms with E-state index in [1.165, 1.54) is 32.3 Å². The average molecular weight is 430 g/mol. The van der Waals surface area contributed by atoms with E-state index in [2.05, 4.69) is 9.97 Å². The zero-order chi connectivity index (χ0) is 21.3. The minimum absolute atomic E-state index is 0.163. The summed E-state index contributed by atoms with van der Waals surface area (Å²) >= 11 is 1.55. The molecule has 8 nitrogen and oxygen atoms in total. The number of benzene rings is 1. The van der Waals surface area contributed by atoms with E-state index >= 15 is 0 Å². The highest BCUT2D eigenvalue weighted by atomic mass is 32.1. The van der Waals surface area contributed by atoms with E-state index in [9.17, 15) is 9.59 Å². The molecule has 0 unspecified atom stereocenters. The maximum Gasteiger partial charge on any atom is 0.342 e. The van der Waals surface area contributed by atoms with Crippen LogP contribution in [0.25, 0.3) is 10.2 Å². The van der Waals surface area contributed by atoms with Gasteiger partial charge < -0.3 is 23.9 Å². The van der Waals surface area contributed by atoms with Gasteiger partial charge in [0.2, 0.25) is 0 Å². The van der Waals surface area contributed by atoms with E-state index in [0.29, 0.717) is 33.3 Å². The lowest BCUT2D eigenvalue weighted by Crippen LogP contribution is -2.15. The van der Waals surface area contributed by atoms with Gasteiger partial charge in [0.1, 0.15) is 28.6 Å². The Kier molecular flexibility index (Phi) is 5.63. The Morgan fingerprint density at radius 2 is 1.77 bits per heavy atom. The number of methoxy groups -OCH3 is 3. The second kappa shape index (κ2) is 8.35. The number of hydrogen-bond donors (Lipinski definition) is 1. The van der Waals surface area contributed by atoms with Crippen LogP contribution >= 0.6 is 11.3 Å². The molecular weight excluding hydrogens is 408 g/mol. The number of aryl methyl sites for hydroxylation is 2. The number of carbonyl (C=O) groups excluding carboxylic acids is 1. The number of aromatic nitrogens is 2. The third kappa shape index (κ3) is 3.60. The molecule has 0 saturated heterocycles. The van der Waals surface area contributed by atoms with E-state index in [1.807, 2.05) is 0 Å². The number of nitrogens with one attached hydrogen (secondary N) is 1. The van der Waals surface area contributed by atoms with E-state index in [1.54, 1.807) is 17.4 Å². The van der Waals surface area contributed by atoms with Crippen molar-refractivity contribution in [2.24, 2.45) is 0 Å². The molecule has 0 fully saturated rings. The quantitative estimate of drug-likeness (QED) is 0.599. The van der Waals surface area contributed by atoms with Gasteiger partial charge in [-0.1, -0.05) is 0 Å². The van der Waals surface area contributed by atoms with Crippen LogP contribution in [0.15, 0.2) is 16.9 Å². The van der Waals surface area contributed by atoms with Crippen molar-refractivity contribution in [3.63, 3.8) is 0 Å². The van der Waals surface area contributed by atoms with Crippen LogP contribution in [0.4, 0.5) is 0 Å². The molecule has 9 heteroatoms. The van der Waals surface area contributed by atoms with Crippen molar-refractivity contribution in [1.82, 2.24) is 9.97 Å². The number of H-pyrrole nitrogens is 1. The average Bonchev–Trinajstić information content (AvgIpc) is 3.15. The molecule has 0 aliphatic heterocycles. The van der Waals surface area contributed by atoms with Gasteiger partial charge in [0.15, 0.2) is 11.5 Å². The van der Waals surface area contributed by atoms with Crippen molar-refractivity contribution in [2.45, 2.75) is 32.3 Å². The van der Waals surface area contributed by atoms with E-state index < -0.39 is 5.97 Å². The molecule has 1 aromatic carbocycles. The number of aromatic amines is 1. The normalized spacial score (nSPS) is 13.0. The lowest BCUT2D eigenvalue weighted by Gasteiger charge is -2.13. The topological polar surface area (TPSA) is 99.7 Å². The Morgan fingerprint density at radius 1 is 1.07 bits per heavy atom. The maximum absolute atomic E-state index is 12.7. The zero-order valence-electron chi connectivity index (χ0n) is 17.0. The molecule has 1 aliphatic rings. The van der Waals surface area contributed by atoms with Crippen molar-refractivity contribution in [3.8, 4) is 17.2 Å². The molecule has 4 rings (SSSR count). The Morgan fingerprint density at radius 3 is 2.50 bits per heavy atom. The molecule has 30 heavy (non-hydrogen) atoms. The van der Waals surface area contributed by atoms with Crippen LogP contribution in [-0.2, 0) is 24.2 Å². The van der Waals surface area contributed by atoms with Crippen molar-refractivity contribution in [1.29, 1.82) is 0 Å². The van der Waals surface area contributed by atoms with Gasteiger partial charge in [0, 0.05) is 17.0 Å².